The summed E-state index contributed by atoms with van der Waals surface area (Å²) in [6, 6.07) is 0. The number of hydrogen-bond acceptors (Lipinski definition) is 4. The normalized spacial score (nSPS) is 5.67. The second-order valence-electron chi connectivity index (χ2n) is 0.629. The molecule has 0 amide bonds. The molecule has 0 saturated carbocycles. The van der Waals surface area contributed by atoms with E-state index < -0.39 is 16.5 Å². The van der Waals surface area contributed by atoms with Gasteiger partial charge in [0.15, 0.2) is 0 Å². The van der Waals surface area contributed by atoms with E-state index >= 15 is 0 Å². The molecular formula is H7BCaO6Si. The predicted octanol–water partition coefficient (Wildman–Crippen LogP) is -4.58. The van der Waals surface area contributed by atoms with Crippen molar-refractivity contribution in [2.45, 2.75) is 0 Å². The van der Waals surface area contributed by atoms with Crippen molar-refractivity contribution >= 4 is 54.2 Å². The summed E-state index contributed by atoms with van der Waals surface area (Å²) in [7, 11) is -5.30. The fraction of sp³-hybridized carbons (Fsp3) is 0. The van der Waals surface area contributed by atoms with Crippen LogP contribution in [0.4, 0.5) is 0 Å². The van der Waals surface area contributed by atoms with E-state index in [0.717, 1.165) is 0 Å². The molecule has 0 aliphatic rings. The third-order valence-corrected chi connectivity index (χ3v) is 0. The Morgan fingerprint density at radius 2 is 1.11 bits per heavy atom. The van der Waals surface area contributed by atoms with Crippen molar-refractivity contribution in [1.82, 2.24) is 0 Å². The van der Waals surface area contributed by atoms with Gasteiger partial charge in [-0.1, -0.05) is 0 Å². The van der Waals surface area contributed by atoms with Gasteiger partial charge in [-0.2, -0.15) is 0 Å². The molecule has 9 heavy (non-hydrogen) atoms. The fourth-order valence-corrected chi connectivity index (χ4v) is 0. The molecule has 0 aliphatic heterocycles. The van der Waals surface area contributed by atoms with E-state index in [0.29, 0.717) is 0 Å². The first-order valence-electron chi connectivity index (χ1n) is 1.43. The van der Waals surface area contributed by atoms with Crippen molar-refractivity contribution in [3.8, 4) is 0 Å². The summed E-state index contributed by atoms with van der Waals surface area (Å²) in [6.07, 6.45) is 0. The van der Waals surface area contributed by atoms with Crippen LogP contribution < -0.4 is 0 Å². The SMILES string of the molecule is O=[Si](O)O.OB(O)O.[CaH2]. The predicted molar refractivity (Wildman–Crippen MR) is 31.8 cm³/mol. The Labute approximate surface area is 82.8 Å². The van der Waals surface area contributed by atoms with Crippen LogP contribution in [-0.2, 0) is 4.46 Å². The van der Waals surface area contributed by atoms with Gasteiger partial charge in [0, 0.05) is 0 Å². The zero-order valence-electron chi connectivity index (χ0n) is 3.72. The van der Waals surface area contributed by atoms with Crippen molar-refractivity contribution in [3.05, 3.63) is 0 Å². The molecule has 5 N–H and O–H groups in total. The van der Waals surface area contributed by atoms with Gasteiger partial charge >= 0.3 is 54.2 Å². The summed E-state index contributed by atoms with van der Waals surface area (Å²) < 4.78 is 8.74. The van der Waals surface area contributed by atoms with Gasteiger partial charge in [-0.25, -0.2) is 0 Å². The Bertz CT molecular complexity index is 57.3. The molecule has 0 unspecified atom stereocenters. The van der Waals surface area contributed by atoms with Crippen molar-refractivity contribution in [3.63, 3.8) is 0 Å². The van der Waals surface area contributed by atoms with Gasteiger partial charge < -0.3 is 24.7 Å². The van der Waals surface area contributed by atoms with Crippen LogP contribution >= 0.6 is 0 Å². The first-order valence-corrected chi connectivity index (χ1v) is 2.73. The van der Waals surface area contributed by atoms with Gasteiger partial charge in [-0.05, 0) is 0 Å². The maximum atomic E-state index is 8.74. The number of hydrogen-bond donors (Lipinski definition) is 5. The van der Waals surface area contributed by atoms with E-state index in [1.54, 1.807) is 0 Å². The molecule has 0 aromatic heterocycles. The maximum absolute atomic E-state index is 8.74. The van der Waals surface area contributed by atoms with Crippen LogP contribution in [0.5, 0.6) is 0 Å². The standard InChI is InChI=1S/BH3O3.Ca.H2O3Si.2H/c2-1(3)4;;1-4(2)3;;/h2-4H;;1-2H;;. The molecule has 0 radical (unpaired) electrons. The van der Waals surface area contributed by atoms with Crippen molar-refractivity contribution in [1.29, 1.82) is 0 Å². The molecule has 0 aromatic carbocycles. The van der Waals surface area contributed by atoms with Gasteiger partial charge in [0.05, 0.1) is 0 Å². The molecule has 0 bridgehead atoms. The Morgan fingerprint density at radius 1 is 1.11 bits per heavy atom. The van der Waals surface area contributed by atoms with E-state index in [2.05, 4.69) is 0 Å². The first kappa shape index (κ1) is 16.4. The van der Waals surface area contributed by atoms with Crippen LogP contribution in [0.25, 0.3) is 0 Å². The minimum absolute atomic E-state index is 0. The average molecular weight is 182 g/mol. The van der Waals surface area contributed by atoms with Crippen LogP contribution in [0.15, 0.2) is 0 Å². The van der Waals surface area contributed by atoms with Crippen molar-refractivity contribution in [2.24, 2.45) is 0 Å². The Kier molecular flexibility index (Phi) is 21.2. The van der Waals surface area contributed by atoms with Crippen molar-refractivity contribution < 1.29 is 29.1 Å². The van der Waals surface area contributed by atoms with Gasteiger partial charge in [-0.15, -0.1) is 0 Å². The zero-order valence-corrected chi connectivity index (χ0v) is 4.72. The second kappa shape index (κ2) is 11.6. The van der Waals surface area contributed by atoms with E-state index in [1.807, 2.05) is 0 Å². The molecule has 0 atom stereocenters. The molecule has 0 aromatic rings. The monoisotopic (exact) mass is 182 g/mol. The summed E-state index contributed by atoms with van der Waals surface area (Å²) in [5.41, 5.74) is 0. The molecule has 0 spiro atoms. The molecule has 0 saturated heterocycles. The third-order valence-electron chi connectivity index (χ3n) is 0. The molecule has 6 nitrogen and oxygen atoms in total. The quantitative estimate of drug-likeness (QED) is 0.241. The Morgan fingerprint density at radius 3 is 1.11 bits per heavy atom. The Balaban J connectivity index is -0.0000000720. The average Bonchev–Trinajstić information content (AvgIpc) is 1.25. The molecule has 52 valence electrons. The van der Waals surface area contributed by atoms with E-state index in [4.69, 9.17) is 29.1 Å². The number of rotatable bonds is 0. The summed E-state index contributed by atoms with van der Waals surface area (Å²) in [5, 5.41) is 21.5. The van der Waals surface area contributed by atoms with Gasteiger partial charge in [-0.3, -0.25) is 4.46 Å². The van der Waals surface area contributed by atoms with Crippen LogP contribution in [-0.4, -0.2) is 78.9 Å². The van der Waals surface area contributed by atoms with Crippen LogP contribution in [0.3, 0.4) is 0 Å². The van der Waals surface area contributed by atoms with Gasteiger partial charge in [0.25, 0.3) is 0 Å². The van der Waals surface area contributed by atoms with E-state index in [9.17, 15) is 0 Å². The van der Waals surface area contributed by atoms with E-state index in [-0.39, 0.29) is 37.7 Å². The first-order chi connectivity index (χ1) is 3.46. The van der Waals surface area contributed by atoms with Crippen LogP contribution in [0.2, 0.25) is 0 Å². The fourth-order valence-electron chi connectivity index (χ4n) is 0. The topological polar surface area (TPSA) is 118 Å². The van der Waals surface area contributed by atoms with Gasteiger partial charge in [0.2, 0.25) is 0 Å². The summed E-state index contributed by atoms with van der Waals surface area (Å²) in [5.74, 6) is 0. The van der Waals surface area contributed by atoms with E-state index in [1.165, 1.54) is 0 Å². The molecular weight excluding hydrogens is 175 g/mol. The molecule has 0 heterocycles. The third kappa shape index (κ3) is 608. The zero-order chi connectivity index (χ0) is 7.15. The molecule has 9 heteroatoms. The summed E-state index contributed by atoms with van der Waals surface area (Å²) in [4.78, 5) is 14.3. The molecule has 0 aliphatic carbocycles. The van der Waals surface area contributed by atoms with Crippen LogP contribution in [0.1, 0.15) is 0 Å². The van der Waals surface area contributed by atoms with Crippen molar-refractivity contribution in [2.75, 3.05) is 0 Å². The summed E-state index contributed by atoms with van der Waals surface area (Å²) in [6.45, 7) is 0. The Hall–Kier alpha value is 0.822. The summed E-state index contributed by atoms with van der Waals surface area (Å²) >= 11 is 0. The second-order valence-corrected chi connectivity index (χ2v) is 1.19. The molecule has 0 fully saturated rings. The minimum atomic E-state index is -3.13. The molecule has 0 rings (SSSR count). The van der Waals surface area contributed by atoms with Gasteiger partial charge in [0.1, 0.15) is 0 Å². The van der Waals surface area contributed by atoms with Crippen LogP contribution in [0, 0.1) is 0 Å².